The quantitative estimate of drug-likeness (QED) is 0.0929. The van der Waals surface area contributed by atoms with Crippen LogP contribution in [0.25, 0.3) is 60.4 Å². The van der Waals surface area contributed by atoms with E-state index in [0.717, 1.165) is 0 Å². The normalized spacial score (nSPS) is 13.9. The maximum atomic E-state index is 12.7. The molecular formula is C25H6Cl4O5. The molecule has 164 valence electrons. The van der Waals surface area contributed by atoms with E-state index >= 15 is 0 Å². The largest absolute Gasteiger partial charge is 0.423 e. The number of carbonyl (C=O) groups is 2. The molecule has 0 aliphatic carbocycles. The molecule has 0 N–H and O–H groups in total. The number of ether oxygens (including phenoxy) is 1. The van der Waals surface area contributed by atoms with Crippen LogP contribution in [0.3, 0.4) is 0 Å². The third-order valence-electron chi connectivity index (χ3n) is 6.48. The Morgan fingerprint density at radius 2 is 1.00 bits per heavy atom. The first kappa shape index (κ1) is 20.3. The van der Waals surface area contributed by atoms with Gasteiger partial charge in [0.1, 0.15) is 5.42 Å². The second-order valence-electron chi connectivity index (χ2n) is 8.11. The molecule has 34 heavy (non-hydrogen) atoms. The molecule has 0 fully saturated rings. The lowest BCUT2D eigenvalue weighted by Crippen LogP contribution is -2.20. The molecule has 1 aromatic heterocycles. The van der Waals surface area contributed by atoms with Crippen LogP contribution in [0.4, 0.5) is 0 Å². The zero-order valence-corrected chi connectivity index (χ0v) is 19.6. The number of carbonyl (C=O) groups excluding carboxylic acids is 2. The summed E-state index contributed by atoms with van der Waals surface area (Å²) in [4.78, 5) is 37.9. The summed E-state index contributed by atoms with van der Waals surface area (Å²) in [5.74, 6) is -1.63. The fourth-order valence-electron chi connectivity index (χ4n) is 5.24. The Morgan fingerprint density at radius 1 is 0.559 bits per heavy atom. The summed E-state index contributed by atoms with van der Waals surface area (Å²) >= 11 is 27.0. The monoisotopic (exact) mass is 526 g/mol. The van der Waals surface area contributed by atoms with Crippen LogP contribution in [0.15, 0.2) is 33.5 Å². The highest BCUT2D eigenvalue weighted by Crippen LogP contribution is 2.52. The van der Waals surface area contributed by atoms with Crippen molar-refractivity contribution in [1.82, 2.24) is 0 Å². The number of rotatable bonds is 0. The molecule has 0 unspecified atom stereocenters. The Hall–Kier alpha value is -3.09. The van der Waals surface area contributed by atoms with Gasteiger partial charge < -0.3 is 9.15 Å². The van der Waals surface area contributed by atoms with Gasteiger partial charge in [-0.2, -0.15) is 0 Å². The number of hydrogen-bond donors (Lipinski definition) is 0. The maximum Gasteiger partial charge on any atom is 0.346 e. The SMILES string of the molecule is C=c1oc(=O)c2cc(Cl)c3c4c(Cl)cc5c6c(cc(Cl)c(c7c(Cl)cc1c2c73)c64)C(=O)OC5=O. The fourth-order valence-corrected chi connectivity index (χ4v) is 6.43. The lowest BCUT2D eigenvalue weighted by molar-refractivity contribution is 0.0391. The molecule has 1 aliphatic heterocycles. The number of benzene rings is 5. The van der Waals surface area contributed by atoms with Gasteiger partial charge in [0.05, 0.1) is 16.5 Å². The van der Waals surface area contributed by atoms with Crippen molar-refractivity contribution in [2.24, 2.45) is 0 Å². The summed E-state index contributed by atoms with van der Waals surface area (Å²) in [6.07, 6.45) is 0. The van der Waals surface area contributed by atoms with E-state index in [0.29, 0.717) is 53.5 Å². The zero-order valence-electron chi connectivity index (χ0n) is 16.6. The first-order valence-electron chi connectivity index (χ1n) is 9.85. The lowest BCUT2D eigenvalue weighted by atomic mass is 9.84. The number of hydrogen-bond acceptors (Lipinski definition) is 5. The molecule has 9 heteroatoms. The second-order valence-corrected chi connectivity index (χ2v) is 9.74. The van der Waals surface area contributed by atoms with Crippen LogP contribution in [0.1, 0.15) is 20.7 Å². The Balaban J connectivity index is 1.99. The first-order valence-corrected chi connectivity index (χ1v) is 11.4. The lowest BCUT2D eigenvalue weighted by Gasteiger charge is -2.23. The Bertz CT molecular complexity index is 1970. The van der Waals surface area contributed by atoms with Gasteiger partial charge in [-0.3, -0.25) is 0 Å². The van der Waals surface area contributed by atoms with Crippen LogP contribution in [0.5, 0.6) is 0 Å². The van der Waals surface area contributed by atoms with Crippen LogP contribution < -0.4 is 11.0 Å². The van der Waals surface area contributed by atoms with Crippen LogP contribution in [0.2, 0.25) is 20.1 Å². The topological polar surface area (TPSA) is 73.6 Å². The molecule has 0 amide bonds. The highest BCUT2D eigenvalue weighted by molar-refractivity contribution is 6.55. The van der Waals surface area contributed by atoms with E-state index in [2.05, 4.69) is 6.58 Å². The molecule has 0 spiro atoms. The minimum atomic E-state index is -0.813. The molecule has 5 nitrogen and oxygen atoms in total. The van der Waals surface area contributed by atoms with E-state index in [1.165, 1.54) is 18.2 Å². The smallest absolute Gasteiger partial charge is 0.346 e. The van der Waals surface area contributed by atoms with Gasteiger partial charge in [0.15, 0.2) is 0 Å². The van der Waals surface area contributed by atoms with E-state index < -0.39 is 17.6 Å². The molecule has 0 saturated heterocycles. The van der Waals surface area contributed by atoms with Crippen molar-refractivity contribution in [3.8, 4) is 0 Å². The molecular weight excluding hydrogens is 522 g/mol. The van der Waals surface area contributed by atoms with Gasteiger partial charge in [-0.25, -0.2) is 14.4 Å². The molecule has 5 aromatic carbocycles. The van der Waals surface area contributed by atoms with E-state index in [1.807, 2.05) is 0 Å². The van der Waals surface area contributed by atoms with Gasteiger partial charge in [-0.05, 0) is 24.3 Å². The Morgan fingerprint density at radius 3 is 1.53 bits per heavy atom. The third-order valence-corrected chi connectivity index (χ3v) is 7.67. The van der Waals surface area contributed by atoms with Crippen molar-refractivity contribution in [3.63, 3.8) is 0 Å². The standard InChI is InChI=1S/C25H6Cl4O5/c1-6-7-2-11(26)17-19-13(28)4-9-16-10(25(32)34-24(9)31)5-14(29)20(22(16)19)18-12(27)3-8(23(30)33-6)15(7)21(17)18/h2-5H,1H2. The van der Waals surface area contributed by atoms with Gasteiger partial charge in [-0.1, -0.05) is 53.0 Å². The number of cyclic esters (lactones) is 2. The van der Waals surface area contributed by atoms with Gasteiger partial charge >= 0.3 is 17.6 Å². The molecule has 0 atom stereocenters. The molecule has 2 heterocycles. The van der Waals surface area contributed by atoms with E-state index in [1.54, 1.807) is 6.07 Å². The van der Waals surface area contributed by atoms with Crippen molar-refractivity contribution < 1.29 is 18.7 Å². The van der Waals surface area contributed by atoms with Gasteiger partial charge in [0, 0.05) is 68.6 Å². The maximum absolute atomic E-state index is 12.7. The van der Waals surface area contributed by atoms with Crippen molar-refractivity contribution in [3.05, 3.63) is 71.3 Å². The molecule has 0 saturated carbocycles. The number of fused-ring (bicyclic) bond motifs is 2. The van der Waals surface area contributed by atoms with Gasteiger partial charge in [-0.15, -0.1) is 0 Å². The Kier molecular flexibility index (Phi) is 3.77. The summed E-state index contributed by atoms with van der Waals surface area (Å²) in [6.45, 7) is 3.86. The van der Waals surface area contributed by atoms with Crippen molar-refractivity contribution >= 4 is 119 Å². The minimum Gasteiger partial charge on any atom is -0.423 e. The average Bonchev–Trinajstić information content (AvgIpc) is 2.77. The molecule has 7 rings (SSSR count). The average molecular weight is 528 g/mol. The van der Waals surface area contributed by atoms with Crippen LogP contribution in [-0.2, 0) is 4.74 Å². The molecule has 1 aliphatic rings. The van der Waals surface area contributed by atoms with E-state index in [4.69, 9.17) is 55.6 Å². The van der Waals surface area contributed by atoms with Crippen molar-refractivity contribution in [1.29, 1.82) is 0 Å². The third kappa shape index (κ3) is 2.21. The Labute approximate surface area is 208 Å². The molecule has 0 bridgehead atoms. The molecule has 0 radical (unpaired) electrons. The van der Waals surface area contributed by atoms with Crippen LogP contribution >= 0.6 is 46.4 Å². The van der Waals surface area contributed by atoms with E-state index in [-0.39, 0.29) is 37.0 Å². The zero-order chi connectivity index (χ0) is 23.8. The summed E-state index contributed by atoms with van der Waals surface area (Å²) < 4.78 is 10.2. The highest BCUT2D eigenvalue weighted by atomic mass is 35.5. The predicted octanol–water partition coefficient (Wildman–Crippen LogP) is 6.90. The summed E-state index contributed by atoms with van der Waals surface area (Å²) in [7, 11) is 0. The highest BCUT2D eigenvalue weighted by Gasteiger charge is 2.33. The molecule has 6 aromatic rings. The van der Waals surface area contributed by atoms with Crippen LogP contribution in [-0.4, -0.2) is 11.9 Å². The second kappa shape index (κ2) is 6.32. The number of esters is 2. The predicted molar refractivity (Wildman–Crippen MR) is 134 cm³/mol. The first-order chi connectivity index (χ1) is 16.2. The van der Waals surface area contributed by atoms with Crippen molar-refractivity contribution in [2.45, 2.75) is 0 Å². The summed E-state index contributed by atoms with van der Waals surface area (Å²) in [5, 5.41) is 5.61. The minimum absolute atomic E-state index is 0.134. The van der Waals surface area contributed by atoms with E-state index in [9.17, 15) is 14.4 Å². The summed E-state index contributed by atoms with van der Waals surface area (Å²) in [5.41, 5.74) is -0.175. The number of halogens is 4. The fraction of sp³-hybridized carbons (Fsp3) is 0. The van der Waals surface area contributed by atoms with Crippen LogP contribution in [0, 0.1) is 0 Å². The van der Waals surface area contributed by atoms with Gasteiger partial charge in [0.25, 0.3) is 0 Å². The summed E-state index contributed by atoms with van der Waals surface area (Å²) in [6, 6.07) is 6.04. The van der Waals surface area contributed by atoms with Gasteiger partial charge in [0.2, 0.25) is 0 Å². The van der Waals surface area contributed by atoms with Crippen molar-refractivity contribution in [2.75, 3.05) is 0 Å².